The highest BCUT2D eigenvalue weighted by Crippen LogP contribution is 2.33. The van der Waals surface area contributed by atoms with Crippen LogP contribution in [-0.2, 0) is 7.05 Å². The summed E-state index contributed by atoms with van der Waals surface area (Å²) in [4.78, 5) is 0. The van der Waals surface area contributed by atoms with Crippen LogP contribution in [0, 0.1) is 0 Å². The minimum atomic E-state index is 0.421. The maximum atomic E-state index is 5.58. The Balaban J connectivity index is 2.19. The summed E-state index contributed by atoms with van der Waals surface area (Å²) in [5.74, 6) is 0.641. The fourth-order valence-electron chi connectivity index (χ4n) is 1.56. The number of anilines is 1. The van der Waals surface area contributed by atoms with Crippen LogP contribution in [0.1, 0.15) is 0 Å². The van der Waals surface area contributed by atoms with Gasteiger partial charge >= 0.3 is 0 Å². The normalized spacial score (nSPS) is 10.9. The predicted molar refractivity (Wildman–Crippen MR) is 62.0 cm³/mol. The van der Waals surface area contributed by atoms with E-state index in [1.807, 2.05) is 7.05 Å². The van der Waals surface area contributed by atoms with E-state index in [1.54, 1.807) is 23.1 Å². The summed E-state index contributed by atoms with van der Waals surface area (Å²) in [6.45, 7) is 0. The van der Waals surface area contributed by atoms with E-state index in [4.69, 9.17) is 10.3 Å². The number of rotatable bonds is 2. The topological polar surface area (TPSA) is 95.6 Å². The third kappa shape index (κ3) is 1.58. The Morgan fingerprint density at radius 2 is 2.29 bits per heavy atom. The van der Waals surface area contributed by atoms with E-state index in [9.17, 15) is 0 Å². The van der Waals surface area contributed by atoms with Crippen molar-refractivity contribution in [3.05, 3.63) is 18.5 Å². The molecule has 0 aromatic carbocycles. The second-order valence-electron chi connectivity index (χ2n) is 3.35. The number of nitrogens with two attached hydrogens (primary N) is 1. The van der Waals surface area contributed by atoms with Crippen LogP contribution in [0.4, 0.5) is 5.13 Å². The molecule has 3 aromatic rings. The van der Waals surface area contributed by atoms with Crippen molar-refractivity contribution in [1.29, 1.82) is 0 Å². The van der Waals surface area contributed by atoms with Crippen molar-refractivity contribution in [2.45, 2.75) is 0 Å². The molecule has 7 nitrogen and oxygen atoms in total. The summed E-state index contributed by atoms with van der Waals surface area (Å²) in [5, 5.41) is 16.8. The summed E-state index contributed by atoms with van der Waals surface area (Å²) in [7, 11) is 1.83. The van der Waals surface area contributed by atoms with Crippen molar-refractivity contribution in [2.24, 2.45) is 7.05 Å². The molecule has 3 rings (SSSR count). The van der Waals surface area contributed by atoms with E-state index >= 15 is 0 Å². The average molecular weight is 248 g/mol. The van der Waals surface area contributed by atoms with Crippen molar-refractivity contribution >= 4 is 16.5 Å². The van der Waals surface area contributed by atoms with Crippen LogP contribution in [0.25, 0.3) is 22.0 Å². The molecule has 0 aliphatic rings. The zero-order chi connectivity index (χ0) is 11.8. The van der Waals surface area contributed by atoms with Crippen molar-refractivity contribution in [3.8, 4) is 22.0 Å². The van der Waals surface area contributed by atoms with Gasteiger partial charge in [0.1, 0.15) is 5.69 Å². The zero-order valence-electron chi connectivity index (χ0n) is 8.86. The van der Waals surface area contributed by atoms with Gasteiger partial charge in [-0.25, -0.2) is 0 Å². The minimum Gasteiger partial charge on any atom is -0.374 e. The van der Waals surface area contributed by atoms with E-state index in [0.717, 1.165) is 11.3 Å². The summed E-state index contributed by atoms with van der Waals surface area (Å²) in [6, 6.07) is 1.77. The molecule has 0 aliphatic carbocycles. The molecule has 0 spiro atoms. The Hall–Kier alpha value is -2.22. The van der Waals surface area contributed by atoms with Crippen LogP contribution in [0.15, 0.2) is 23.0 Å². The predicted octanol–water partition coefficient (Wildman–Crippen LogP) is 1.18. The molecule has 0 bridgehead atoms. The lowest BCUT2D eigenvalue weighted by atomic mass is 10.2. The highest BCUT2D eigenvalue weighted by molar-refractivity contribution is 7.18. The highest BCUT2D eigenvalue weighted by Gasteiger charge is 2.18. The van der Waals surface area contributed by atoms with E-state index in [-0.39, 0.29) is 0 Å². The number of nitrogens with zero attached hydrogens (tertiary/aromatic N) is 5. The lowest BCUT2D eigenvalue weighted by Gasteiger charge is -1.98. The molecule has 86 valence electrons. The molecule has 2 N–H and O–H groups in total. The smallest absolute Gasteiger partial charge is 0.203 e. The van der Waals surface area contributed by atoms with Crippen molar-refractivity contribution in [1.82, 2.24) is 25.1 Å². The fraction of sp³-hybridized carbons (Fsp3) is 0.111. The molecule has 3 heterocycles. The number of nitrogen functional groups attached to an aromatic ring is 1. The molecule has 0 saturated carbocycles. The van der Waals surface area contributed by atoms with Gasteiger partial charge in [-0.15, -0.1) is 10.2 Å². The number of aromatic nitrogens is 5. The van der Waals surface area contributed by atoms with Crippen molar-refractivity contribution in [3.63, 3.8) is 0 Å². The van der Waals surface area contributed by atoms with E-state index in [0.29, 0.717) is 15.9 Å². The van der Waals surface area contributed by atoms with Crippen LogP contribution in [0.3, 0.4) is 0 Å². The third-order valence-corrected chi connectivity index (χ3v) is 3.04. The first-order valence-corrected chi connectivity index (χ1v) is 5.60. The molecule has 17 heavy (non-hydrogen) atoms. The molecular weight excluding hydrogens is 240 g/mol. The van der Waals surface area contributed by atoms with Gasteiger partial charge in [0.25, 0.3) is 0 Å². The first-order chi connectivity index (χ1) is 8.25. The summed E-state index contributed by atoms with van der Waals surface area (Å²) in [6.07, 6.45) is 3.29. The van der Waals surface area contributed by atoms with Gasteiger partial charge in [0.2, 0.25) is 5.13 Å². The van der Waals surface area contributed by atoms with Crippen molar-refractivity contribution in [2.75, 3.05) is 5.73 Å². The second-order valence-corrected chi connectivity index (χ2v) is 4.36. The number of aryl methyl sites for hydroxylation is 1. The first-order valence-electron chi connectivity index (χ1n) is 4.78. The molecule has 0 amide bonds. The summed E-state index contributed by atoms with van der Waals surface area (Å²) in [5.41, 5.74) is 7.22. The number of hydrogen-bond acceptors (Lipinski definition) is 7. The molecule has 0 fully saturated rings. The van der Waals surface area contributed by atoms with Crippen LogP contribution in [0.5, 0.6) is 0 Å². The van der Waals surface area contributed by atoms with Gasteiger partial charge in [0, 0.05) is 13.1 Å². The minimum absolute atomic E-state index is 0.421. The van der Waals surface area contributed by atoms with Crippen LogP contribution >= 0.6 is 11.3 Å². The molecule has 8 heteroatoms. The second kappa shape index (κ2) is 3.67. The molecule has 0 aliphatic heterocycles. The Bertz CT molecular complexity index is 640. The lowest BCUT2D eigenvalue weighted by molar-refractivity contribution is 0.432. The molecule has 0 radical (unpaired) electrons. The lowest BCUT2D eigenvalue weighted by Crippen LogP contribution is -1.93. The van der Waals surface area contributed by atoms with Gasteiger partial charge < -0.3 is 10.3 Å². The molecule has 0 atom stereocenters. The monoisotopic (exact) mass is 248 g/mol. The van der Waals surface area contributed by atoms with E-state index in [1.165, 1.54) is 11.3 Å². The fourth-order valence-corrected chi connectivity index (χ4v) is 2.26. The maximum absolute atomic E-state index is 5.58. The Kier molecular flexibility index (Phi) is 2.15. The molecule has 0 saturated heterocycles. The first kappa shape index (κ1) is 9.97. The third-order valence-electron chi connectivity index (χ3n) is 2.29. The Labute approximate surface area is 99.9 Å². The zero-order valence-corrected chi connectivity index (χ0v) is 9.68. The van der Waals surface area contributed by atoms with Gasteiger partial charge in [-0.3, -0.25) is 4.68 Å². The maximum Gasteiger partial charge on any atom is 0.203 e. The van der Waals surface area contributed by atoms with Gasteiger partial charge in [0.05, 0.1) is 18.0 Å². The summed E-state index contributed by atoms with van der Waals surface area (Å²) >= 11 is 1.30. The van der Waals surface area contributed by atoms with Crippen LogP contribution in [0.2, 0.25) is 0 Å². The van der Waals surface area contributed by atoms with Gasteiger partial charge in [0.15, 0.2) is 10.8 Å². The Morgan fingerprint density at radius 3 is 2.94 bits per heavy atom. The molecule has 3 aromatic heterocycles. The van der Waals surface area contributed by atoms with Crippen molar-refractivity contribution < 1.29 is 4.52 Å². The standard InChI is InChI=1S/C9H8N6OS/c1-15-7(8-13-14-9(10)17-8)5(4-11-15)6-2-3-12-16-6/h2-4H,1H3,(H2,10,14). The average Bonchev–Trinajstić information content (AvgIpc) is 2.97. The highest BCUT2D eigenvalue weighted by atomic mass is 32.1. The number of hydrogen-bond donors (Lipinski definition) is 1. The van der Waals surface area contributed by atoms with Crippen LogP contribution in [-0.4, -0.2) is 25.1 Å². The summed E-state index contributed by atoms with van der Waals surface area (Å²) < 4.78 is 6.83. The quantitative estimate of drug-likeness (QED) is 0.731. The van der Waals surface area contributed by atoms with Gasteiger partial charge in [-0.05, 0) is 0 Å². The van der Waals surface area contributed by atoms with Gasteiger partial charge in [-0.2, -0.15) is 5.10 Å². The SMILES string of the molecule is Cn1ncc(-c2ccno2)c1-c1nnc(N)s1. The van der Waals surface area contributed by atoms with E-state index < -0.39 is 0 Å². The van der Waals surface area contributed by atoms with Crippen LogP contribution < -0.4 is 5.73 Å². The van der Waals surface area contributed by atoms with Gasteiger partial charge in [-0.1, -0.05) is 16.5 Å². The largest absolute Gasteiger partial charge is 0.374 e. The van der Waals surface area contributed by atoms with E-state index in [2.05, 4.69) is 20.5 Å². The molecule has 0 unspecified atom stereocenters. The Morgan fingerprint density at radius 1 is 1.41 bits per heavy atom. The molecular formula is C9H8N6OS.